The van der Waals surface area contributed by atoms with Gasteiger partial charge in [-0.25, -0.2) is 0 Å². The molecule has 1 aliphatic heterocycles. The molecule has 65 heavy (non-hydrogen) atoms. The van der Waals surface area contributed by atoms with Crippen molar-refractivity contribution in [1.29, 1.82) is 0 Å². The standard InChI is InChI=1S/C56H111NO8/c1-3-5-7-9-11-13-15-17-19-20-21-22-23-24-25-26-27-28-29-30-32-34-36-38-40-42-44-46-52(60)57-49(48-64-56-55(63)54(62)53(61)51(47-58)65-56)50(59)45-43-41-39-37-35-33-31-18-16-14-12-10-8-6-4-2/h49-51,53-56,58-59,61-63H,3-48H2,1-2H3,(H,57,60)/t49-,50+,51+,53+,54?,55?,56+/m0/s1. The largest absolute Gasteiger partial charge is 0.394 e. The lowest BCUT2D eigenvalue weighted by Gasteiger charge is -2.40. The summed E-state index contributed by atoms with van der Waals surface area (Å²) in [5.41, 5.74) is 0. The maximum Gasteiger partial charge on any atom is 0.220 e. The molecule has 1 saturated heterocycles. The van der Waals surface area contributed by atoms with Crippen LogP contribution >= 0.6 is 0 Å². The quantitative estimate of drug-likeness (QED) is 0.0330. The molecule has 1 amide bonds. The minimum atomic E-state index is -1.55. The molecule has 0 aromatic rings. The number of rotatable bonds is 50. The van der Waals surface area contributed by atoms with Gasteiger partial charge in [0.15, 0.2) is 6.29 Å². The Hall–Kier alpha value is -0.810. The zero-order chi connectivity index (χ0) is 47.3. The van der Waals surface area contributed by atoms with Gasteiger partial charge in [0.05, 0.1) is 25.4 Å². The third kappa shape index (κ3) is 36.8. The lowest BCUT2D eigenvalue weighted by Crippen LogP contribution is -2.60. The second-order valence-electron chi connectivity index (χ2n) is 20.5. The molecule has 9 heteroatoms. The molecule has 6 N–H and O–H groups in total. The van der Waals surface area contributed by atoms with Crippen LogP contribution in [0.3, 0.4) is 0 Å². The van der Waals surface area contributed by atoms with Crippen molar-refractivity contribution in [2.24, 2.45) is 0 Å². The molecule has 7 atom stereocenters. The first-order valence-electron chi connectivity index (χ1n) is 28.7. The Morgan fingerprint density at radius 1 is 0.462 bits per heavy atom. The number of nitrogens with one attached hydrogen (secondary N) is 1. The monoisotopic (exact) mass is 926 g/mol. The number of aliphatic hydroxyl groups is 5. The lowest BCUT2D eigenvalue weighted by molar-refractivity contribution is -0.302. The predicted octanol–water partition coefficient (Wildman–Crippen LogP) is 13.9. The van der Waals surface area contributed by atoms with Gasteiger partial charge in [-0.1, -0.05) is 277 Å². The van der Waals surface area contributed by atoms with Crippen LogP contribution in [-0.4, -0.2) is 87.5 Å². The van der Waals surface area contributed by atoms with E-state index in [2.05, 4.69) is 19.2 Å². The molecule has 0 aliphatic carbocycles. The van der Waals surface area contributed by atoms with Crippen molar-refractivity contribution >= 4 is 5.91 Å². The van der Waals surface area contributed by atoms with Crippen molar-refractivity contribution in [2.45, 2.75) is 339 Å². The Morgan fingerprint density at radius 2 is 0.769 bits per heavy atom. The second kappa shape index (κ2) is 46.9. The summed E-state index contributed by atoms with van der Waals surface area (Å²) >= 11 is 0. The normalized spacial score (nSPS) is 19.8. The molecule has 0 aromatic carbocycles. The van der Waals surface area contributed by atoms with Crippen molar-refractivity contribution < 1.29 is 39.8 Å². The minimum Gasteiger partial charge on any atom is -0.394 e. The van der Waals surface area contributed by atoms with Gasteiger partial charge in [-0.15, -0.1) is 0 Å². The van der Waals surface area contributed by atoms with E-state index in [4.69, 9.17) is 9.47 Å². The van der Waals surface area contributed by atoms with Gasteiger partial charge in [0.1, 0.15) is 24.4 Å². The van der Waals surface area contributed by atoms with Crippen LogP contribution in [-0.2, 0) is 14.3 Å². The average molecular weight is 927 g/mol. The summed E-state index contributed by atoms with van der Waals surface area (Å²) in [6.07, 6.45) is 48.5. The predicted molar refractivity (Wildman–Crippen MR) is 272 cm³/mol. The van der Waals surface area contributed by atoms with E-state index in [-0.39, 0.29) is 12.5 Å². The Balaban J connectivity index is 2.15. The summed E-state index contributed by atoms with van der Waals surface area (Å²) in [7, 11) is 0. The van der Waals surface area contributed by atoms with Gasteiger partial charge in [0.2, 0.25) is 5.91 Å². The summed E-state index contributed by atoms with van der Waals surface area (Å²) in [6, 6.07) is -0.713. The highest BCUT2D eigenvalue weighted by Gasteiger charge is 2.44. The fraction of sp³-hybridized carbons (Fsp3) is 0.982. The third-order valence-electron chi connectivity index (χ3n) is 14.2. The Kier molecular flexibility index (Phi) is 44.9. The van der Waals surface area contributed by atoms with Gasteiger partial charge >= 0.3 is 0 Å². The van der Waals surface area contributed by atoms with Gasteiger partial charge in [0.25, 0.3) is 0 Å². The topological polar surface area (TPSA) is 149 Å². The van der Waals surface area contributed by atoms with E-state index in [1.165, 1.54) is 231 Å². The molecule has 1 aliphatic rings. The fourth-order valence-electron chi connectivity index (χ4n) is 9.64. The Bertz CT molecular complexity index is 986. The first kappa shape index (κ1) is 62.2. The SMILES string of the molecule is CCCCCCCCCCCCCCCCCCCCCCCCCCCCCC(=O)N[C@@H](CO[C@@H]1O[C@H](CO)[C@@H](O)C(O)C1O)[C@H](O)CCCCCCCCCCCCCCCCC. The van der Waals surface area contributed by atoms with E-state index < -0.39 is 49.5 Å². The molecule has 1 rings (SSSR count). The van der Waals surface area contributed by atoms with Crippen LogP contribution in [0.25, 0.3) is 0 Å². The lowest BCUT2D eigenvalue weighted by atomic mass is 9.99. The van der Waals surface area contributed by atoms with Crippen LogP contribution in [0.1, 0.15) is 296 Å². The van der Waals surface area contributed by atoms with E-state index in [0.717, 1.165) is 38.5 Å². The maximum atomic E-state index is 13.1. The second-order valence-corrected chi connectivity index (χ2v) is 20.5. The molecule has 0 aromatic heterocycles. The smallest absolute Gasteiger partial charge is 0.220 e. The van der Waals surface area contributed by atoms with Crippen LogP contribution in [0.2, 0.25) is 0 Å². The number of carbonyl (C=O) groups excluding carboxylic acids is 1. The number of hydrogen-bond acceptors (Lipinski definition) is 8. The molecule has 0 radical (unpaired) electrons. The van der Waals surface area contributed by atoms with Gasteiger partial charge in [0, 0.05) is 6.42 Å². The van der Waals surface area contributed by atoms with Gasteiger partial charge in [-0.3, -0.25) is 4.79 Å². The molecule has 9 nitrogen and oxygen atoms in total. The molecular weight excluding hydrogens is 815 g/mol. The van der Waals surface area contributed by atoms with Crippen molar-refractivity contribution in [3.8, 4) is 0 Å². The zero-order valence-corrected chi connectivity index (χ0v) is 43.0. The summed E-state index contributed by atoms with van der Waals surface area (Å²) < 4.78 is 11.3. The van der Waals surface area contributed by atoms with Crippen molar-refractivity contribution in [1.82, 2.24) is 5.32 Å². The van der Waals surface area contributed by atoms with Gasteiger partial charge in [-0.2, -0.15) is 0 Å². The highest BCUT2D eigenvalue weighted by molar-refractivity contribution is 5.76. The van der Waals surface area contributed by atoms with E-state index in [1.54, 1.807) is 0 Å². The van der Waals surface area contributed by atoms with Crippen molar-refractivity contribution in [2.75, 3.05) is 13.2 Å². The molecule has 1 fully saturated rings. The van der Waals surface area contributed by atoms with E-state index in [9.17, 15) is 30.3 Å². The molecule has 0 bridgehead atoms. The molecular formula is C56H111NO8. The minimum absolute atomic E-state index is 0.131. The Morgan fingerprint density at radius 3 is 1.09 bits per heavy atom. The van der Waals surface area contributed by atoms with Crippen LogP contribution in [0, 0.1) is 0 Å². The highest BCUT2D eigenvalue weighted by atomic mass is 16.7. The highest BCUT2D eigenvalue weighted by Crippen LogP contribution is 2.23. The summed E-state index contributed by atoms with van der Waals surface area (Å²) in [6.45, 7) is 3.88. The Labute approximate surface area is 402 Å². The molecule has 0 saturated carbocycles. The number of aliphatic hydroxyl groups excluding tert-OH is 5. The van der Waals surface area contributed by atoms with E-state index in [1.807, 2.05) is 0 Å². The number of unbranched alkanes of at least 4 members (excludes halogenated alkanes) is 40. The van der Waals surface area contributed by atoms with Crippen molar-refractivity contribution in [3.05, 3.63) is 0 Å². The number of ether oxygens (including phenoxy) is 2. The van der Waals surface area contributed by atoms with Crippen LogP contribution in [0.15, 0.2) is 0 Å². The summed E-state index contributed by atoms with van der Waals surface area (Å²) in [4.78, 5) is 13.1. The summed E-state index contributed by atoms with van der Waals surface area (Å²) in [5, 5.41) is 54.6. The van der Waals surface area contributed by atoms with E-state index in [0.29, 0.717) is 12.8 Å². The molecule has 388 valence electrons. The molecule has 2 unspecified atom stereocenters. The van der Waals surface area contributed by atoms with Crippen LogP contribution < -0.4 is 5.32 Å². The maximum absolute atomic E-state index is 13.1. The average Bonchev–Trinajstić information content (AvgIpc) is 3.31. The van der Waals surface area contributed by atoms with E-state index >= 15 is 0 Å². The fourth-order valence-corrected chi connectivity index (χ4v) is 9.64. The number of amides is 1. The zero-order valence-electron chi connectivity index (χ0n) is 43.0. The van der Waals surface area contributed by atoms with Crippen LogP contribution in [0.5, 0.6) is 0 Å². The first-order valence-corrected chi connectivity index (χ1v) is 28.7. The third-order valence-corrected chi connectivity index (χ3v) is 14.2. The van der Waals surface area contributed by atoms with Crippen LogP contribution in [0.4, 0.5) is 0 Å². The summed E-state index contributed by atoms with van der Waals surface area (Å²) in [5.74, 6) is -0.137. The first-order chi connectivity index (χ1) is 31.8. The van der Waals surface area contributed by atoms with Gasteiger partial charge < -0.3 is 40.3 Å². The number of hydrogen-bond donors (Lipinski definition) is 6. The number of carbonyl (C=O) groups is 1. The molecule has 0 spiro atoms. The van der Waals surface area contributed by atoms with Gasteiger partial charge in [-0.05, 0) is 12.8 Å². The molecule has 1 heterocycles. The van der Waals surface area contributed by atoms with Crippen molar-refractivity contribution in [3.63, 3.8) is 0 Å².